The number of amides is 1. The van der Waals surface area contributed by atoms with E-state index in [0.29, 0.717) is 43.4 Å². The molecule has 9 heteroatoms. The van der Waals surface area contributed by atoms with Gasteiger partial charge in [-0.3, -0.25) is 4.79 Å². The summed E-state index contributed by atoms with van der Waals surface area (Å²) in [6.07, 6.45) is -9.15. The molecule has 0 aliphatic heterocycles. The van der Waals surface area contributed by atoms with E-state index in [4.69, 9.17) is 0 Å². The Hall–Kier alpha value is -2.55. The summed E-state index contributed by atoms with van der Waals surface area (Å²) in [5.74, 6) is -0.492. The molecule has 0 saturated heterocycles. The molecule has 0 heterocycles. The molecule has 2 aromatic rings. The first kappa shape index (κ1) is 24.1. The minimum Gasteiger partial charge on any atom is -0.393 e. The molecule has 1 fully saturated rings. The Labute approximate surface area is 181 Å². The predicted octanol–water partition coefficient (Wildman–Crippen LogP) is 5.77. The van der Waals surface area contributed by atoms with Gasteiger partial charge in [0.25, 0.3) is 0 Å². The van der Waals surface area contributed by atoms with E-state index in [9.17, 15) is 36.2 Å². The van der Waals surface area contributed by atoms with Gasteiger partial charge in [-0.05, 0) is 61.9 Å². The number of hydrogen-bond acceptors (Lipinski definition) is 2. The third kappa shape index (κ3) is 5.09. The number of carbonyl (C=O) groups is 1. The molecule has 2 aromatic carbocycles. The van der Waals surface area contributed by atoms with E-state index in [1.165, 1.54) is 6.92 Å². The normalized spacial score (nSPS) is 22.9. The summed E-state index contributed by atoms with van der Waals surface area (Å²) in [4.78, 5) is 13.3. The average molecular weight is 459 g/mol. The van der Waals surface area contributed by atoms with Crippen LogP contribution in [0.5, 0.6) is 0 Å². The van der Waals surface area contributed by atoms with Crippen molar-refractivity contribution in [1.82, 2.24) is 5.32 Å². The third-order valence-corrected chi connectivity index (χ3v) is 6.03. The summed E-state index contributed by atoms with van der Waals surface area (Å²) in [5, 5.41) is 12.5. The molecular formula is C23H23F6NO2. The van der Waals surface area contributed by atoms with Crippen molar-refractivity contribution in [3.05, 3.63) is 70.8 Å². The van der Waals surface area contributed by atoms with Crippen LogP contribution in [0.1, 0.15) is 60.9 Å². The summed E-state index contributed by atoms with van der Waals surface area (Å²) in [7, 11) is 0. The lowest BCUT2D eigenvalue weighted by Gasteiger charge is -2.39. The van der Waals surface area contributed by atoms with E-state index in [2.05, 4.69) is 5.32 Å². The van der Waals surface area contributed by atoms with Gasteiger partial charge < -0.3 is 10.4 Å². The van der Waals surface area contributed by atoms with Gasteiger partial charge in [0.15, 0.2) is 0 Å². The Morgan fingerprint density at radius 3 is 1.94 bits per heavy atom. The fraction of sp³-hybridized carbons (Fsp3) is 0.435. The van der Waals surface area contributed by atoms with Gasteiger partial charge in [0.2, 0.25) is 5.91 Å². The van der Waals surface area contributed by atoms with Crippen molar-refractivity contribution < 1.29 is 36.2 Å². The molecule has 2 N–H and O–H groups in total. The number of alkyl halides is 6. The molecule has 1 aliphatic carbocycles. The van der Waals surface area contributed by atoms with Gasteiger partial charge in [-0.15, -0.1) is 0 Å². The topological polar surface area (TPSA) is 49.3 Å². The molecule has 0 bridgehead atoms. The number of benzene rings is 2. The molecule has 0 radical (unpaired) electrons. The number of aliphatic hydroxyl groups is 1. The Balaban J connectivity index is 1.94. The van der Waals surface area contributed by atoms with Gasteiger partial charge in [0, 0.05) is 0 Å². The van der Waals surface area contributed by atoms with Crippen molar-refractivity contribution in [2.75, 3.05) is 0 Å². The van der Waals surface area contributed by atoms with Crippen molar-refractivity contribution >= 4 is 5.91 Å². The maximum Gasteiger partial charge on any atom is 0.416 e. The van der Waals surface area contributed by atoms with Crippen LogP contribution in [0.15, 0.2) is 48.5 Å². The smallest absolute Gasteiger partial charge is 0.393 e. The fourth-order valence-electron chi connectivity index (χ4n) is 4.15. The third-order valence-electron chi connectivity index (χ3n) is 6.03. The molecule has 1 amide bonds. The maximum absolute atomic E-state index is 13.3. The SMILES string of the molecule is CC(NC(=O)[C@]1(c2ccccc2)CC[C@H](O)CC1)c1cc(C(F)(F)F)cc(C(F)(F)F)c1. The van der Waals surface area contributed by atoms with E-state index in [0.717, 1.165) is 0 Å². The highest BCUT2D eigenvalue weighted by molar-refractivity contribution is 5.88. The lowest BCUT2D eigenvalue weighted by Crippen LogP contribution is -2.48. The number of nitrogens with one attached hydrogen (secondary N) is 1. The van der Waals surface area contributed by atoms with Gasteiger partial charge in [-0.2, -0.15) is 26.3 Å². The number of aliphatic hydroxyl groups excluding tert-OH is 1. The van der Waals surface area contributed by atoms with Crippen molar-refractivity contribution in [1.29, 1.82) is 0 Å². The molecule has 3 nitrogen and oxygen atoms in total. The van der Waals surface area contributed by atoms with E-state index in [1.807, 2.05) is 0 Å². The van der Waals surface area contributed by atoms with Gasteiger partial charge in [0.05, 0.1) is 28.7 Å². The van der Waals surface area contributed by atoms with Crippen LogP contribution in [0.2, 0.25) is 0 Å². The zero-order chi connectivity index (χ0) is 23.7. The van der Waals surface area contributed by atoms with Crippen LogP contribution in [0.4, 0.5) is 26.3 Å². The second kappa shape index (κ2) is 8.77. The Morgan fingerprint density at radius 2 is 1.47 bits per heavy atom. The predicted molar refractivity (Wildman–Crippen MR) is 106 cm³/mol. The second-order valence-corrected chi connectivity index (χ2v) is 8.21. The number of rotatable bonds is 4. The lowest BCUT2D eigenvalue weighted by molar-refractivity contribution is -0.143. The van der Waals surface area contributed by atoms with Crippen LogP contribution < -0.4 is 5.32 Å². The van der Waals surface area contributed by atoms with Gasteiger partial charge >= 0.3 is 12.4 Å². The molecule has 0 spiro atoms. The van der Waals surface area contributed by atoms with Crippen molar-refractivity contribution in [3.8, 4) is 0 Å². The highest BCUT2D eigenvalue weighted by atomic mass is 19.4. The van der Waals surface area contributed by atoms with Gasteiger partial charge in [-0.25, -0.2) is 0 Å². The lowest BCUT2D eigenvalue weighted by atomic mass is 9.68. The van der Waals surface area contributed by atoms with Crippen LogP contribution in [0.25, 0.3) is 0 Å². The molecule has 1 aliphatic rings. The monoisotopic (exact) mass is 459 g/mol. The molecule has 32 heavy (non-hydrogen) atoms. The summed E-state index contributed by atoms with van der Waals surface area (Å²) in [5.41, 5.74) is -3.48. The quantitative estimate of drug-likeness (QED) is 0.570. The molecular weight excluding hydrogens is 436 g/mol. The summed E-state index contributed by atoms with van der Waals surface area (Å²) < 4.78 is 79.2. The Kier molecular flexibility index (Phi) is 6.60. The minimum atomic E-state index is -4.97. The van der Waals surface area contributed by atoms with Crippen LogP contribution in [0, 0.1) is 0 Å². The molecule has 0 aromatic heterocycles. The largest absolute Gasteiger partial charge is 0.416 e. The zero-order valence-corrected chi connectivity index (χ0v) is 17.2. The molecule has 1 saturated carbocycles. The van der Waals surface area contributed by atoms with E-state index < -0.39 is 46.9 Å². The van der Waals surface area contributed by atoms with Crippen molar-refractivity contribution in [2.45, 2.75) is 62.5 Å². The van der Waals surface area contributed by atoms with Gasteiger partial charge in [0.1, 0.15) is 0 Å². The first-order chi connectivity index (χ1) is 14.8. The number of hydrogen-bond donors (Lipinski definition) is 2. The first-order valence-corrected chi connectivity index (χ1v) is 10.2. The summed E-state index contributed by atoms with van der Waals surface area (Å²) in [6.45, 7) is 1.35. The zero-order valence-electron chi connectivity index (χ0n) is 17.2. The van der Waals surface area contributed by atoms with Crippen LogP contribution in [0.3, 0.4) is 0 Å². The van der Waals surface area contributed by atoms with E-state index >= 15 is 0 Å². The number of halogens is 6. The standard InChI is InChI=1S/C23H23F6NO2/c1-14(15-11-17(22(24,25)26)13-18(12-15)23(27,28)29)30-20(32)21(9-7-19(31)8-10-21)16-5-3-2-4-6-16/h2-6,11-14,19,31H,7-10H2,1H3,(H,30,32)/t14?,19-,21+. The van der Waals surface area contributed by atoms with Crippen molar-refractivity contribution in [2.24, 2.45) is 0 Å². The number of carbonyl (C=O) groups excluding carboxylic acids is 1. The highest BCUT2D eigenvalue weighted by Crippen LogP contribution is 2.41. The second-order valence-electron chi connectivity index (χ2n) is 8.21. The molecule has 3 rings (SSSR count). The van der Waals surface area contributed by atoms with E-state index in [1.54, 1.807) is 30.3 Å². The van der Waals surface area contributed by atoms with Crippen molar-refractivity contribution in [3.63, 3.8) is 0 Å². The fourth-order valence-corrected chi connectivity index (χ4v) is 4.15. The Morgan fingerprint density at radius 1 is 0.969 bits per heavy atom. The molecule has 174 valence electrons. The highest BCUT2D eigenvalue weighted by Gasteiger charge is 2.44. The van der Waals surface area contributed by atoms with E-state index in [-0.39, 0.29) is 11.6 Å². The minimum absolute atomic E-state index is 0.0615. The average Bonchev–Trinajstić information content (AvgIpc) is 2.73. The summed E-state index contributed by atoms with van der Waals surface area (Å²) in [6, 6.07) is 9.01. The van der Waals surface area contributed by atoms with Gasteiger partial charge in [-0.1, -0.05) is 30.3 Å². The summed E-state index contributed by atoms with van der Waals surface area (Å²) >= 11 is 0. The van der Waals surface area contributed by atoms with Crippen LogP contribution in [-0.2, 0) is 22.6 Å². The maximum atomic E-state index is 13.3. The first-order valence-electron chi connectivity index (χ1n) is 10.2. The van der Waals surface area contributed by atoms with Crippen LogP contribution >= 0.6 is 0 Å². The van der Waals surface area contributed by atoms with Crippen LogP contribution in [-0.4, -0.2) is 17.1 Å². The Bertz CT molecular complexity index is 915. The molecule has 1 atom stereocenters. The molecule has 1 unspecified atom stereocenters.